The van der Waals surface area contributed by atoms with Crippen LogP contribution in [0.4, 0.5) is 11.4 Å². The van der Waals surface area contributed by atoms with Gasteiger partial charge in [-0.1, -0.05) is 0 Å². The van der Waals surface area contributed by atoms with Gasteiger partial charge in [-0.2, -0.15) is 0 Å². The summed E-state index contributed by atoms with van der Waals surface area (Å²) < 4.78 is 0. The average Bonchev–Trinajstić information content (AvgIpc) is 2.30. The molecule has 1 aliphatic rings. The Bertz CT molecular complexity index is 431. The molecule has 17 heavy (non-hydrogen) atoms. The zero-order valence-electron chi connectivity index (χ0n) is 10.1. The van der Waals surface area contributed by atoms with Crippen molar-refractivity contribution in [3.8, 4) is 0 Å². The van der Waals surface area contributed by atoms with Gasteiger partial charge in [-0.15, -0.1) is 0 Å². The average molecular weight is 233 g/mol. The number of anilines is 2. The summed E-state index contributed by atoms with van der Waals surface area (Å²) in [6.45, 7) is 3.24. The molecule has 0 spiro atoms. The van der Waals surface area contributed by atoms with Gasteiger partial charge in [-0.3, -0.25) is 4.79 Å². The second-order valence-electron chi connectivity index (χ2n) is 4.68. The van der Waals surface area contributed by atoms with Crippen LogP contribution in [-0.2, 0) is 0 Å². The summed E-state index contributed by atoms with van der Waals surface area (Å²) in [7, 11) is 0. The molecule has 0 unspecified atom stereocenters. The summed E-state index contributed by atoms with van der Waals surface area (Å²) in [5, 5.41) is 0. The molecule has 1 saturated heterocycles. The normalized spacial score (nSPS) is 20.3. The Labute approximate surface area is 102 Å². The van der Waals surface area contributed by atoms with Crippen molar-refractivity contribution >= 4 is 17.3 Å². The third-order valence-electron chi connectivity index (χ3n) is 3.42. The Kier molecular flexibility index (Phi) is 3.22. The molecule has 4 N–H and O–H groups in total. The summed E-state index contributed by atoms with van der Waals surface area (Å²) in [6.07, 6.45) is 3.66. The number of hydrogen-bond donors (Lipinski definition) is 2. The van der Waals surface area contributed by atoms with Crippen molar-refractivity contribution in [1.29, 1.82) is 0 Å². The second kappa shape index (κ2) is 4.65. The number of benzene rings is 1. The Morgan fingerprint density at radius 2 is 2.18 bits per heavy atom. The molecule has 0 bridgehead atoms. The maximum Gasteiger partial charge on any atom is 0.248 e. The highest BCUT2D eigenvalue weighted by Gasteiger charge is 2.20. The molecule has 4 heteroatoms. The number of carbonyl (C=O) groups excluding carboxylic acids is 1. The number of carbonyl (C=O) groups is 1. The van der Waals surface area contributed by atoms with Gasteiger partial charge in [0, 0.05) is 18.2 Å². The molecule has 1 heterocycles. The fourth-order valence-corrected chi connectivity index (χ4v) is 2.43. The number of nitrogens with two attached hydrogens (primary N) is 2. The van der Waals surface area contributed by atoms with Crippen LogP contribution in [0, 0.1) is 0 Å². The van der Waals surface area contributed by atoms with E-state index in [4.69, 9.17) is 11.5 Å². The van der Waals surface area contributed by atoms with Gasteiger partial charge in [0.05, 0.1) is 11.4 Å². The number of rotatable bonds is 2. The third-order valence-corrected chi connectivity index (χ3v) is 3.42. The molecule has 1 aromatic rings. The van der Waals surface area contributed by atoms with Gasteiger partial charge in [0.1, 0.15) is 0 Å². The maximum atomic E-state index is 11.1. The minimum Gasteiger partial charge on any atom is -0.397 e. The molecule has 0 saturated carbocycles. The van der Waals surface area contributed by atoms with Crippen LogP contribution in [0.2, 0.25) is 0 Å². The highest BCUT2D eigenvalue weighted by atomic mass is 16.1. The topological polar surface area (TPSA) is 72.3 Å². The zero-order valence-corrected chi connectivity index (χ0v) is 10.1. The number of nitrogens with zero attached hydrogens (tertiary/aromatic N) is 1. The van der Waals surface area contributed by atoms with Crippen LogP contribution in [0.1, 0.15) is 36.5 Å². The van der Waals surface area contributed by atoms with Crippen molar-refractivity contribution < 1.29 is 4.79 Å². The first kappa shape index (κ1) is 11.8. The second-order valence-corrected chi connectivity index (χ2v) is 4.68. The van der Waals surface area contributed by atoms with Gasteiger partial charge in [0.15, 0.2) is 0 Å². The highest BCUT2D eigenvalue weighted by molar-refractivity contribution is 5.94. The maximum absolute atomic E-state index is 11.1. The van der Waals surface area contributed by atoms with Gasteiger partial charge in [0.25, 0.3) is 0 Å². The van der Waals surface area contributed by atoms with Crippen LogP contribution in [0.5, 0.6) is 0 Å². The van der Waals surface area contributed by atoms with E-state index >= 15 is 0 Å². The van der Waals surface area contributed by atoms with Crippen molar-refractivity contribution in [2.75, 3.05) is 17.2 Å². The first-order valence-corrected chi connectivity index (χ1v) is 6.05. The zero-order chi connectivity index (χ0) is 12.4. The van der Waals surface area contributed by atoms with Gasteiger partial charge < -0.3 is 16.4 Å². The van der Waals surface area contributed by atoms with E-state index in [1.165, 1.54) is 19.3 Å². The van der Waals surface area contributed by atoms with E-state index in [-0.39, 0.29) is 0 Å². The van der Waals surface area contributed by atoms with Crippen molar-refractivity contribution in [1.82, 2.24) is 0 Å². The Morgan fingerprint density at radius 3 is 2.76 bits per heavy atom. The summed E-state index contributed by atoms with van der Waals surface area (Å²) in [4.78, 5) is 13.4. The van der Waals surface area contributed by atoms with E-state index in [1.54, 1.807) is 12.1 Å². The van der Waals surface area contributed by atoms with Crippen LogP contribution in [0.25, 0.3) is 0 Å². The molecule has 0 radical (unpaired) electrons. The Morgan fingerprint density at radius 1 is 1.41 bits per heavy atom. The summed E-state index contributed by atoms with van der Waals surface area (Å²) >= 11 is 0. The number of hydrogen-bond acceptors (Lipinski definition) is 3. The van der Waals surface area contributed by atoms with Gasteiger partial charge in [-0.05, 0) is 44.4 Å². The molecular formula is C13H19N3O. The third kappa shape index (κ3) is 2.35. The first-order valence-electron chi connectivity index (χ1n) is 6.05. The molecule has 0 aromatic heterocycles. The largest absolute Gasteiger partial charge is 0.397 e. The molecule has 0 aliphatic carbocycles. The smallest absolute Gasteiger partial charge is 0.248 e. The number of nitrogen functional groups attached to an aromatic ring is 1. The lowest BCUT2D eigenvalue weighted by Crippen LogP contribution is -2.37. The quantitative estimate of drug-likeness (QED) is 0.764. The predicted octanol–water partition coefficient (Wildman–Crippen LogP) is 1.75. The van der Waals surface area contributed by atoms with Crippen LogP contribution in [0.15, 0.2) is 18.2 Å². The van der Waals surface area contributed by atoms with E-state index in [1.807, 2.05) is 6.07 Å². The molecule has 1 aromatic carbocycles. The molecule has 1 fully saturated rings. The predicted molar refractivity (Wildman–Crippen MR) is 70.0 cm³/mol. The van der Waals surface area contributed by atoms with Crippen molar-refractivity contribution in [2.45, 2.75) is 32.2 Å². The van der Waals surface area contributed by atoms with E-state index in [2.05, 4.69) is 11.8 Å². The number of primary amides is 1. The Hall–Kier alpha value is -1.71. The van der Waals surface area contributed by atoms with Gasteiger partial charge in [-0.25, -0.2) is 0 Å². The van der Waals surface area contributed by atoms with Crippen molar-refractivity contribution in [3.63, 3.8) is 0 Å². The van der Waals surface area contributed by atoms with Crippen LogP contribution < -0.4 is 16.4 Å². The first-order chi connectivity index (χ1) is 8.09. The summed E-state index contributed by atoms with van der Waals surface area (Å²) in [5.41, 5.74) is 13.4. The van der Waals surface area contributed by atoms with Crippen molar-refractivity contribution in [2.24, 2.45) is 5.73 Å². The molecule has 92 valence electrons. The van der Waals surface area contributed by atoms with E-state index in [0.29, 0.717) is 17.3 Å². The summed E-state index contributed by atoms with van der Waals surface area (Å²) in [6, 6.07) is 5.82. The fraction of sp³-hybridized carbons (Fsp3) is 0.462. The van der Waals surface area contributed by atoms with Crippen molar-refractivity contribution in [3.05, 3.63) is 23.8 Å². The Balaban J connectivity index is 2.29. The molecular weight excluding hydrogens is 214 g/mol. The number of amides is 1. The molecule has 4 nitrogen and oxygen atoms in total. The minimum absolute atomic E-state index is 0.435. The standard InChI is InChI=1S/C13H19N3O/c1-9-4-2-3-7-16(9)12-6-5-10(13(15)17)8-11(12)14/h5-6,8-9H,2-4,7,14H2,1H3,(H2,15,17)/t9-/m0/s1. The van der Waals surface area contributed by atoms with E-state index in [0.717, 1.165) is 12.2 Å². The fourth-order valence-electron chi connectivity index (χ4n) is 2.43. The molecule has 1 atom stereocenters. The van der Waals surface area contributed by atoms with E-state index in [9.17, 15) is 4.79 Å². The van der Waals surface area contributed by atoms with E-state index < -0.39 is 5.91 Å². The summed E-state index contributed by atoms with van der Waals surface area (Å²) in [5.74, 6) is -0.435. The van der Waals surface area contributed by atoms with Gasteiger partial charge >= 0.3 is 0 Å². The SMILES string of the molecule is C[C@H]1CCCCN1c1ccc(C(N)=O)cc1N. The lowest BCUT2D eigenvalue weighted by molar-refractivity contribution is 0.100. The molecule has 1 amide bonds. The highest BCUT2D eigenvalue weighted by Crippen LogP contribution is 2.30. The van der Waals surface area contributed by atoms with Gasteiger partial charge in [0.2, 0.25) is 5.91 Å². The van der Waals surface area contributed by atoms with Crippen LogP contribution in [-0.4, -0.2) is 18.5 Å². The molecule has 1 aliphatic heterocycles. The molecule has 2 rings (SSSR count). The van der Waals surface area contributed by atoms with Crippen LogP contribution in [0.3, 0.4) is 0 Å². The van der Waals surface area contributed by atoms with Crippen LogP contribution >= 0.6 is 0 Å². The lowest BCUT2D eigenvalue weighted by Gasteiger charge is -2.36. The number of piperidine rings is 1. The minimum atomic E-state index is -0.435. The lowest BCUT2D eigenvalue weighted by atomic mass is 10.0. The monoisotopic (exact) mass is 233 g/mol.